The van der Waals surface area contributed by atoms with Gasteiger partial charge in [0.2, 0.25) is 0 Å². The SMILES string of the molecule is CCCOc1cc2c(cc1C(C)=CO)C(C)(C)CCC2(C)C. The lowest BCUT2D eigenvalue weighted by molar-refractivity contribution is 0.306. The molecule has 0 saturated heterocycles. The van der Waals surface area contributed by atoms with Crippen LogP contribution in [0.25, 0.3) is 5.57 Å². The summed E-state index contributed by atoms with van der Waals surface area (Å²) in [6, 6.07) is 4.46. The molecule has 0 bridgehead atoms. The molecule has 0 radical (unpaired) electrons. The molecule has 0 heterocycles. The molecule has 2 nitrogen and oxygen atoms in total. The van der Waals surface area contributed by atoms with Gasteiger partial charge >= 0.3 is 0 Å². The lowest BCUT2D eigenvalue weighted by Gasteiger charge is -2.42. The van der Waals surface area contributed by atoms with E-state index < -0.39 is 0 Å². The largest absolute Gasteiger partial charge is 0.515 e. The number of rotatable bonds is 4. The molecule has 1 aromatic carbocycles. The third kappa shape index (κ3) is 3.02. The molecule has 1 aliphatic rings. The highest BCUT2D eigenvalue weighted by Crippen LogP contribution is 2.48. The van der Waals surface area contributed by atoms with Gasteiger partial charge in [0.15, 0.2) is 0 Å². The minimum atomic E-state index is 0.165. The van der Waals surface area contributed by atoms with Crippen molar-refractivity contribution in [2.45, 2.75) is 71.6 Å². The Morgan fingerprint density at radius 2 is 1.68 bits per heavy atom. The molecule has 2 rings (SSSR count). The van der Waals surface area contributed by atoms with Crippen LogP contribution in [0.1, 0.15) is 77.5 Å². The molecule has 0 spiro atoms. The van der Waals surface area contributed by atoms with Crippen LogP contribution < -0.4 is 4.74 Å². The summed E-state index contributed by atoms with van der Waals surface area (Å²) >= 11 is 0. The van der Waals surface area contributed by atoms with Crippen molar-refractivity contribution >= 4 is 5.57 Å². The van der Waals surface area contributed by atoms with Crippen LogP contribution in [0.3, 0.4) is 0 Å². The zero-order chi connectivity index (χ0) is 16.5. The van der Waals surface area contributed by atoms with Gasteiger partial charge in [0.05, 0.1) is 12.9 Å². The van der Waals surface area contributed by atoms with Crippen LogP contribution in [0.4, 0.5) is 0 Å². The number of hydrogen-bond donors (Lipinski definition) is 1. The van der Waals surface area contributed by atoms with Crippen LogP contribution in [0.5, 0.6) is 5.75 Å². The van der Waals surface area contributed by atoms with Gasteiger partial charge < -0.3 is 9.84 Å². The van der Waals surface area contributed by atoms with Crippen LogP contribution in [0, 0.1) is 0 Å². The summed E-state index contributed by atoms with van der Waals surface area (Å²) in [7, 11) is 0. The molecule has 1 N–H and O–H groups in total. The van der Waals surface area contributed by atoms with Crippen LogP contribution in [0.2, 0.25) is 0 Å². The van der Waals surface area contributed by atoms with Crippen molar-refractivity contribution in [3.63, 3.8) is 0 Å². The van der Waals surface area contributed by atoms with Crippen LogP contribution in [-0.2, 0) is 10.8 Å². The quantitative estimate of drug-likeness (QED) is 0.718. The summed E-state index contributed by atoms with van der Waals surface area (Å²) < 4.78 is 5.98. The first-order valence-electron chi connectivity index (χ1n) is 8.36. The van der Waals surface area contributed by atoms with Crippen molar-refractivity contribution in [2.24, 2.45) is 0 Å². The average molecular weight is 302 g/mol. The van der Waals surface area contributed by atoms with Gasteiger partial charge in [0, 0.05) is 5.56 Å². The Morgan fingerprint density at radius 3 is 2.18 bits per heavy atom. The third-order valence-corrected chi connectivity index (χ3v) is 5.03. The van der Waals surface area contributed by atoms with E-state index in [0.717, 1.165) is 23.3 Å². The number of ether oxygens (including phenoxy) is 1. The summed E-state index contributed by atoms with van der Waals surface area (Å²) in [6.07, 6.45) is 4.53. The lowest BCUT2D eigenvalue weighted by atomic mass is 9.62. The highest BCUT2D eigenvalue weighted by Gasteiger charge is 2.38. The Hall–Kier alpha value is -1.44. The molecule has 122 valence electrons. The van der Waals surface area contributed by atoms with Crippen LogP contribution in [0.15, 0.2) is 18.4 Å². The van der Waals surface area contributed by atoms with Gasteiger partial charge in [-0.3, -0.25) is 0 Å². The first-order chi connectivity index (χ1) is 10.2. The molecule has 0 aromatic heterocycles. The molecule has 1 aromatic rings. The minimum Gasteiger partial charge on any atom is -0.515 e. The Balaban J connectivity index is 2.66. The van der Waals surface area contributed by atoms with Crippen LogP contribution >= 0.6 is 0 Å². The summed E-state index contributed by atoms with van der Waals surface area (Å²) in [5.41, 5.74) is 4.99. The van der Waals surface area contributed by atoms with E-state index in [1.54, 1.807) is 0 Å². The van der Waals surface area contributed by atoms with E-state index >= 15 is 0 Å². The first kappa shape index (κ1) is 16.9. The normalized spacial score (nSPS) is 19.6. The Morgan fingerprint density at radius 1 is 1.14 bits per heavy atom. The van der Waals surface area contributed by atoms with Gasteiger partial charge in [-0.15, -0.1) is 0 Å². The molecule has 1 aliphatic carbocycles. The summed E-state index contributed by atoms with van der Waals surface area (Å²) in [4.78, 5) is 0. The molecule has 0 unspecified atom stereocenters. The predicted octanol–water partition coefficient (Wildman–Crippen LogP) is 5.74. The van der Waals surface area contributed by atoms with Crippen LogP contribution in [-0.4, -0.2) is 11.7 Å². The maximum atomic E-state index is 9.46. The van der Waals surface area contributed by atoms with Crippen molar-refractivity contribution in [1.82, 2.24) is 0 Å². The van der Waals surface area contributed by atoms with E-state index in [2.05, 4.69) is 46.8 Å². The smallest absolute Gasteiger partial charge is 0.127 e. The Labute approximate surface area is 135 Å². The number of hydrogen-bond acceptors (Lipinski definition) is 2. The van der Waals surface area contributed by atoms with Crippen molar-refractivity contribution in [3.05, 3.63) is 35.1 Å². The molecule has 22 heavy (non-hydrogen) atoms. The molecule has 0 fully saturated rings. The Kier molecular flexibility index (Phi) is 4.60. The molecule has 0 aliphatic heterocycles. The second-order valence-electron chi connectivity index (χ2n) is 7.82. The molecular formula is C20H30O2. The number of aliphatic hydroxyl groups is 1. The zero-order valence-corrected chi connectivity index (χ0v) is 14.9. The molecular weight excluding hydrogens is 272 g/mol. The van der Waals surface area contributed by atoms with E-state index in [-0.39, 0.29) is 10.8 Å². The van der Waals surface area contributed by atoms with E-state index in [1.165, 1.54) is 30.2 Å². The third-order valence-electron chi connectivity index (χ3n) is 5.03. The van der Waals surface area contributed by atoms with E-state index in [0.29, 0.717) is 6.61 Å². The number of benzene rings is 1. The van der Waals surface area contributed by atoms with Gasteiger partial charge in [-0.05, 0) is 65.8 Å². The molecule has 0 amide bonds. The fourth-order valence-electron chi connectivity index (χ4n) is 3.30. The maximum Gasteiger partial charge on any atom is 0.127 e. The minimum absolute atomic E-state index is 0.165. The van der Waals surface area contributed by atoms with Gasteiger partial charge in [-0.25, -0.2) is 0 Å². The van der Waals surface area contributed by atoms with Crippen molar-refractivity contribution < 1.29 is 9.84 Å². The van der Waals surface area contributed by atoms with Gasteiger partial charge in [0.1, 0.15) is 5.75 Å². The number of aliphatic hydroxyl groups excluding tert-OH is 1. The highest BCUT2D eigenvalue weighted by atomic mass is 16.5. The predicted molar refractivity (Wildman–Crippen MR) is 93.8 cm³/mol. The second-order valence-corrected chi connectivity index (χ2v) is 7.82. The van der Waals surface area contributed by atoms with E-state index in [4.69, 9.17) is 4.74 Å². The van der Waals surface area contributed by atoms with Gasteiger partial charge in [-0.2, -0.15) is 0 Å². The van der Waals surface area contributed by atoms with Crippen molar-refractivity contribution in [1.29, 1.82) is 0 Å². The summed E-state index contributed by atoms with van der Waals surface area (Å²) in [5, 5.41) is 9.46. The zero-order valence-electron chi connectivity index (χ0n) is 14.9. The summed E-state index contributed by atoms with van der Waals surface area (Å²) in [6.45, 7) is 14.0. The Bertz CT molecular complexity index is 580. The maximum absolute atomic E-state index is 9.46. The van der Waals surface area contributed by atoms with E-state index in [1.807, 2.05) is 6.92 Å². The fourth-order valence-corrected chi connectivity index (χ4v) is 3.30. The second kappa shape index (κ2) is 5.98. The molecule has 2 heteroatoms. The monoisotopic (exact) mass is 302 g/mol. The first-order valence-corrected chi connectivity index (χ1v) is 8.36. The number of allylic oxidation sites excluding steroid dienone is 1. The summed E-state index contributed by atoms with van der Waals surface area (Å²) in [5.74, 6) is 0.897. The average Bonchev–Trinajstić information content (AvgIpc) is 2.48. The van der Waals surface area contributed by atoms with Crippen molar-refractivity contribution in [2.75, 3.05) is 6.61 Å². The van der Waals surface area contributed by atoms with E-state index in [9.17, 15) is 5.11 Å². The van der Waals surface area contributed by atoms with Gasteiger partial charge in [-0.1, -0.05) is 34.6 Å². The standard InChI is InChI=1S/C20H30O2/c1-7-10-22-18-12-17-16(11-15(18)14(2)13-21)19(3,4)8-9-20(17,5)6/h11-13,21H,7-10H2,1-6H3. The number of fused-ring (bicyclic) bond motifs is 1. The highest BCUT2D eigenvalue weighted by molar-refractivity contribution is 5.70. The lowest BCUT2D eigenvalue weighted by Crippen LogP contribution is -2.34. The van der Waals surface area contributed by atoms with Crippen molar-refractivity contribution in [3.8, 4) is 5.75 Å². The molecule has 0 saturated carbocycles. The van der Waals surface area contributed by atoms with Gasteiger partial charge in [0.25, 0.3) is 0 Å². The fraction of sp³-hybridized carbons (Fsp3) is 0.600. The topological polar surface area (TPSA) is 29.5 Å². The molecule has 0 atom stereocenters.